The monoisotopic (exact) mass is 196 g/mol. The van der Waals surface area contributed by atoms with Crippen LogP contribution in [0.5, 0.6) is 0 Å². The number of ketones is 1. The number of ether oxygens (including phenoxy) is 1. The minimum Gasteiger partial charge on any atom is -0.430 e. The van der Waals surface area contributed by atoms with Gasteiger partial charge in [-0.3, -0.25) is 9.59 Å². The third kappa shape index (κ3) is 2.44. The second kappa shape index (κ2) is 3.95. The summed E-state index contributed by atoms with van der Waals surface area (Å²) in [7, 11) is 0. The van der Waals surface area contributed by atoms with Gasteiger partial charge in [-0.1, -0.05) is 20.8 Å². The van der Waals surface area contributed by atoms with Crippen molar-refractivity contribution in [2.75, 3.05) is 0 Å². The largest absolute Gasteiger partial charge is 0.430 e. The third-order valence-corrected chi connectivity index (χ3v) is 2.47. The molecular weight excluding hydrogens is 180 g/mol. The highest BCUT2D eigenvalue weighted by Crippen LogP contribution is 2.36. The van der Waals surface area contributed by atoms with Gasteiger partial charge in [-0.05, 0) is 6.42 Å². The fourth-order valence-electron chi connectivity index (χ4n) is 1.34. The lowest BCUT2D eigenvalue weighted by Crippen LogP contribution is -2.25. The van der Waals surface area contributed by atoms with Crippen LogP contribution in [0, 0.1) is 5.41 Å². The first-order chi connectivity index (χ1) is 6.45. The molecule has 1 aliphatic carbocycles. The fraction of sp³-hybridized carbons (Fsp3) is 0.636. The van der Waals surface area contributed by atoms with Gasteiger partial charge >= 0.3 is 5.97 Å². The summed E-state index contributed by atoms with van der Waals surface area (Å²) in [5.74, 6) is 0.280. The van der Waals surface area contributed by atoms with Gasteiger partial charge in [0.2, 0.25) is 0 Å². The molecule has 3 nitrogen and oxygen atoms in total. The average Bonchev–Trinajstić information content (AvgIpc) is 2.12. The van der Waals surface area contributed by atoms with Crippen molar-refractivity contribution in [3.05, 3.63) is 11.8 Å². The maximum absolute atomic E-state index is 11.2. The summed E-state index contributed by atoms with van der Waals surface area (Å²) < 4.78 is 5.13. The number of hydrogen-bond acceptors (Lipinski definition) is 3. The average molecular weight is 196 g/mol. The van der Waals surface area contributed by atoms with Gasteiger partial charge in [0, 0.05) is 24.3 Å². The van der Waals surface area contributed by atoms with E-state index in [4.69, 9.17) is 4.74 Å². The van der Waals surface area contributed by atoms with Gasteiger partial charge in [-0.25, -0.2) is 0 Å². The first-order valence-corrected chi connectivity index (χ1v) is 4.91. The topological polar surface area (TPSA) is 43.4 Å². The Morgan fingerprint density at radius 1 is 1.57 bits per heavy atom. The molecule has 0 radical (unpaired) electrons. The van der Waals surface area contributed by atoms with Crippen LogP contribution in [0.3, 0.4) is 0 Å². The van der Waals surface area contributed by atoms with E-state index in [-0.39, 0.29) is 17.2 Å². The summed E-state index contributed by atoms with van der Waals surface area (Å²) in [5, 5.41) is 0. The normalized spacial score (nSPS) is 20.2. The molecule has 0 aromatic carbocycles. The summed E-state index contributed by atoms with van der Waals surface area (Å²) >= 11 is 0. The first kappa shape index (κ1) is 11.0. The highest BCUT2D eigenvalue weighted by molar-refractivity contribution is 5.91. The number of carbonyl (C=O) groups is 2. The Kier molecular flexibility index (Phi) is 3.09. The molecule has 0 unspecified atom stereocenters. The SMILES string of the molecule is CCC(=O)OC1=CC(=O)CCC1(C)C. The van der Waals surface area contributed by atoms with Gasteiger partial charge in [0.15, 0.2) is 5.78 Å². The van der Waals surface area contributed by atoms with Crippen molar-refractivity contribution in [2.24, 2.45) is 5.41 Å². The second-order valence-electron chi connectivity index (χ2n) is 4.19. The molecule has 0 bridgehead atoms. The Hall–Kier alpha value is -1.12. The van der Waals surface area contributed by atoms with E-state index >= 15 is 0 Å². The van der Waals surface area contributed by atoms with Crippen LogP contribution in [-0.4, -0.2) is 11.8 Å². The Morgan fingerprint density at radius 2 is 2.21 bits per heavy atom. The minimum atomic E-state index is -0.279. The van der Waals surface area contributed by atoms with Crippen molar-refractivity contribution in [1.29, 1.82) is 0 Å². The minimum absolute atomic E-state index is 0.0447. The van der Waals surface area contributed by atoms with Crippen LogP contribution in [0.4, 0.5) is 0 Å². The lowest BCUT2D eigenvalue weighted by molar-refractivity contribution is -0.141. The molecule has 0 atom stereocenters. The first-order valence-electron chi connectivity index (χ1n) is 4.91. The predicted molar refractivity (Wildman–Crippen MR) is 52.5 cm³/mol. The van der Waals surface area contributed by atoms with E-state index in [9.17, 15) is 9.59 Å². The van der Waals surface area contributed by atoms with Crippen molar-refractivity contribution in [3.63, 3.8) is 0 Å². The zero-order chi connectivity index (χ0) is 10.8. The van der Waals surface area contributed by atoms with Crippen molar-refractivity contribution in [3.8, 4) is 0 Å². The van der Waals surface area contributed by atoms with Crippen LogP contribution in [0.15, 0.2) is 11.8 Å². The molecule has 14 heavy (non-hydrogen) atoms. The highest BCUT2D eigenvalue weighted by Gasteiger charge is 2.31. The molecule has 0 amide bonds. The number of carbonyl (C=O) groups excluding carboxylic acids is 2. The van der Waals surface area contributed by atoms with E-state index in [2.05, 4.69) is 0 Å². The molecule has 3 heteroatoms. The van der Waals surface area contributed by atoms with Crippen molar-refractivity contribution in [1.82, 2.24) is 0 Å². The molecule has 0 fully saturated rings. The summed E-state index contributed by atoms with van der Waals surface area (Å²) in [4.78, 5) is 22.3. The van der Waals surface area contributed by atoms with Crippen molar-refractivity contribution < 1.29 is 14.3 Å². The van der Waals surface area contributed by atoms with Gasteiger partial charge in [0.05, 0.1) is 0 Å². The van der Waals surface area contributed by atoms with Gasteiger partial charge in [-0.2, -0.15) is 0 Å². The van der Waals surface area contributed by atoms with Gasteiger partial charge in [-0.15, -0.1) is 0 Å². The second-order valence-corrected chi connectivity index (χ2v) is 4.19. The Bertz CT molecular complexity index is 287. The van der Waals surface area contributed by atoms with Crippen LogP contribution < -0.4 is 0 Å². The van der Waals surface area contributed by atoms with E-state index in [1.807, 2.05) is 13.8 Å². The molecule has 0 aromatic heterocycles. The Balaban J connectivity index is 2.81. The maximum Gasteiger partial charge on any atom is 0.310 e. The highest BCUT2D eigenvalue weighted by atomic mass is 16.5. The van der Waals surface area contributed by atoms with Gasteiger partial charge in [0.25, 0.3) is 0 Å². The van der Waals surface area contributed by atoms with Crippen molar-refractivity contribution >= 4 is 11.8 Å². The van der Waals surface area contributed by atoms with Crippen LogP contribution in [0.25, 0.3) is 0 Å². The fourth-order valence-corrected chi connectivity index (χ4v) is 1.34. The Labute approximate surface area is 84.1 Å². The molecule has 0 saturated heterocycles. The van der Waals surface area contributed by atoms with Crippen molar-refractivity contribution in [2.45, 2.75) is 40.0 Å². The summed E-state index contributed by atoms with van der Waals surface area (Å²) in [6, 6.07) is 0. The zero-order valence-electron chi connectivity index (χ0n) is 8.92. The van der Waals surface area contributed by atoms with Crippen LogP contribution >= 0.6 is 0 Å². The molecule has 0 spiro atoms. The quantitative estimate of drug-likeness (QED) is 0.636. The molecule has 0 aliphatic heterocycles. The standard InChI is InChI=1S/C11H16O3/c1-4-10(13)14-9-7-8(12)5-6-11(9,2)3/h7H,4-6H2,1-3H3. The summed E-state index contributed by atoms with van der Waals surface area (Å²) in [6.45, 7) is 5.70. The summed E-state index contributed by atoms with van der Waals surface area (Å²) in [6.07, 6.45) is 3.08. The van der Waals surface area contributed by atoms with E-state index in [1.165, 1.54) is 6.08 Å². The maximum atomic E-state index is 11.2. The Morgan fingerprint density at radius 3 is 2.79 bits per heavy atom. The molecule has 0 N–H and O–H groups in total. The zero-order valence-corrected chi connectivity index (χ0v) is 8.92. The number of esters is 1. The lowest BCUT2D eigenvalue weighted by Gasteiger charge is -2.29. The van der Waals surface area contributed by atoms with E-state index < -0.39 is 0 Å². The predicted octanol–water partition coefficient (Wildman–Crippen LogP) is 2.21. The smallest absolute Gasteiger partial charge is 0.310 e. The van der Waals surface area contributed by atoms with Crippen LogP contribution in [-0.2, 0) is 14.3 Å². The number of rotatable bonds is 2. The number of allylic oxidation sites excluding steroid dienone is 2. The molecular formula is C11H16O3. The molecule has 0 saturated carbocycles. The molecule has 1 rings (SSSR count). The summed E-state index contributed by atoms with van der Waals surface area (Å²) in [5.41, 5.74) is -0.196. The van der Waals surface area contributed by atoms with Crippen LogP contribution in [0.2, 0.25) is 0 Å². The van der Waals surface area contributed by atoms with E-state index in [0.717, 1.165) is 6.42 Å². The van der Waals surface area contributed by atoms with Crippen LogP contribution in [0.1, 0.15) is 40.0 Å². The lowest BCUT2D eigenvalue weighted by atomic mass is 9.80. The number of hydrogen-bond donors (Lipinski definition) is 0. The third-order valence-electron chi connectivity index (χ3n) is 2.47. The molecule has 78 valence electrons. The molecule has 0 aromatic rings. The van der Waals surface area contributed by atoms with Gasteiger partial charge in [0.1, 0.15) is 5.76 Å². The van der Waals surface area contributed by atoms with Gasteiger partial charge < -0.3 is 4.74 Å². The van der Waals surface area contributed by atoms with E-state index in [1.54, 1.807) is 6.92 Å². The molecule has 1 aliphatic rings. The van der Waals surface area contributed by atoms with E-state index in [0.29, 0.717) is 18.6 Å². The molecule has 0 heterocycles.